The third kappa shape index (κ3) is 5.29. The van der Waals surface area contributed by atoms with Crippen molar-refractivity contribution in [2.75, 3.05) is 13.2 Å². The van der Waals surface area contributed by atoms with Crippen molar-refractivity contribution in [1.82, 2.24) is 4.90 Å². The lowest BCUT2D eigenvalue weighted by Gasteiger charge is -2.35. The first-order valence-electron chi connectivity index (χ1n) is 11.2. The molecule has 0 aliphatic carbocycles. The number of hydrogen-bond donors (Lipinski definition) is 1. The van der Waals surface area contributed by atoms with Crippen LogP contribution in [0.2, 0.25) is 0 Å². The Labute approximate surface area is 189 Å². The standard InChI is InChI=1S/C27H30N2O3/c1-2-13-29(17-20-9-5-3-6-10-20)23-14-22-15-24(27(28)30)26(16-25(22)32-19-23)31-18-21-11-7-4-8-12-21/h3-12,15-16,23H,2,13-14,17-19H2,1H3,(H2,28,30). The van der Waals surface area contributed by atoms with E-state index in [1.807, 2.05) is 48.5 Å². The van der Waals surface area contributed by atoms with Crippen LogP contribution in [0.1, 0.15) is 40.4 Å². The van der Waals surface area contributed by atoms with Gasteiger partial charge >= 0.3 is 0 Å². The maximum atomic E-state index is 12.2. The molecule has 1 aliphatic rings. The van der Waals surface area contributed by atoms with Crippen molar-refractivity contribution in [2.45, 2.75) is 39.0 Å². The first-order chi connectivity index (χ1) is 15.6. The molecule has 2 N–H and O–H groups in total. The molecule has 166 valence electrons. The Hall–Kier alpha value is -3.31. The number of primary amides is 1. The summed E-state index contributed by atoms with van der Waals surface area (Å²) in [5, 5.41) is 0. The van der Waals surface area contributed by atoms with Gasteiger partial charge in [0.15, 0.2) is 0 Å². The number of rotatable bonds is 9. The number of fused-ring (bicyclic) bond motifs is 1. The fraction of sp³-hybridized carbons (Fsp3) is 0.296. The molecule has 5 heteroatoms. The van der Waals surface area contributed by atoms with Gasteiger partial charge in [-0.25, -0.2) is 0 Å². The van der Waals surface area contributed by atoms with Crippen LogP contribution in [0.5, 0.6) is 11.5 Å². The first kappa shape index (κ1) is 21.9. The predicted molar refractivity (Wildman–Crippen MR) is 126 cm³/mol. The van der Waals surface area contributed by atoms with Crippen molar-refractivity contribution in [3.8, 4) is 11.5 Å². The van der Waals surface area contributed by atoms with Gasteiger partial charge in [-0.05, 0) is 42.1 Å². The van der Waals surface area contributed by atoms with E-state index in [0.717, 1.165) is 42.8 Å². The molecule has 1 aliphatic heterocycles. The van der Waals surface area contributed by atoms with Crippen molar-refractivity contribution in [1.29, 1.82) is 0 Å². The van der Waals surface area contributed by atoms with Crippen LogP contribution in [0.15, 0.2) is 72.8 Å². The van der Waals surface area contributed by atoms with E-state index in [1.54, 1.807) is 0 Å². The molecule has 0 saturated heterocycles. The number of nitrogens with zero attached hydrogens (tertiary/aromatic N) is 1. The number of ether oxygens (including phenoxy) is 2. The van der Waals surface area contributed by atoms with Crippen molar-refractivity contribution >= 4 is 5.91 Å². The smallest absolute Gasteiger partial charge is 0.252 e. The molecule has 0 fully saturated rings. The van der Waals surface area contributed by atoms with E-state index >= 15 is 0 Å². The molecule has 3 aromatic rings. The second kappa shape index (κ2) is 10.3. The third-order valence-electron chi connectivity index (χ3n) is 5.81. The summed E-state index contributed by atoms with van der Waals surface area (Å²) in [5.41, 5.74) is 9.40. The summed E-state index contributed by atoms with van der Waals surface area (Å²) < 4.78 is 12.1. The zero-order valence-corrected chi connectivity index (χ0v) is 18.5. The van der Waals surface area contributed by atoms with Crippen molar-refractivity contribution in [3.63, 3.8) is 0 Å². The quantitative estimate of drug-likeness (QED) is 0.540. The number of nitrogens with two attached hydrogens (primary N) is 1. The van der Waals surface area contributed by atoms with Gasteiger partial charge in [0.05, 0.1) is 5.56 Å². The van der Waals surface area contributed by atoms with Gasteiger partial charge in [0.25, 0.3) is 5.91 Å². The molecule has 0 radical (unpaired) electrons. The van der Waals surface area contributed by atoms with E-state index < -0.39 is 5.91 Å². The average Bonchev–Trinajstić information content (AvgIpc) is 2.83. The van der Waals surface area contributed by atoms with Crippen molar-refractivity contribution < 1.29 is 14.3 Å². The lowest BCUT2D eigenvalue weighted by atomic mass is 9.97. The maximum Gasteiger partial charge on any atom is 0.252 e. The number of carbonyl (C=O) groups is 1. The van der Waals surface area contributed by atoms with Crippen LogP contribution >= 0.6 is 0 Å². The van der Waals surface area contributed by atoms with E-state index in [1.165, 1.54) is 5.56 Å². The van der Waals surface area contributed by atoms with Gasteiger partial charge in [-0.3, -0.25) is 9.69 Å². The molecule has 0 saturated carbocycles. The molecule has 1 unspecified atom stereocenters. The average molecular weight is 431 g/mol. The van der Waals surface area contributed by atoms with E-state index in [9.17, 15) is 4.79 Å². The number of carbonyl (C=O) groups excluding carboxylic acids is 1. The van der Waals surface area contributed by atoms with Crippen LogP contribution in [0, 0.1) is 0 Å². The van der Waals surface area contributed by atoms with Crippen LogP contribution in [0.25, 0.3) is 0 Å². The lowest BCUT2D eigenvalue weighted by Crippen LogP contribution is -2.43. The normalized spacial score (nSPS) is 15.1. The van der Waals surface area contributed by atoms with E-state index in [2.05, 4.69) is 36.1 Å². The van der Waals surface area contributed by atoms with Gasteiger partial charge in [0.2, 0.25) is 0 Å². The molecular weight excluding hydrogens is 400 g/mol. The molecule has 1 amide bonds. The highest BCUT2D eigenvalue weighted by molar-refractivity contribution is 5.96. The van der Waals surface area contributed by atoms with E-state index in [0.29, 0.717) is 24.5 Å². The van der Waals surface area contributed by atoms with Gasteiger partial charge in [0.1, 0.15) is 24.7 Å². The van der Waals surface area contributed by atoms with Crippen LogP contribution in [-0.4, -0.2) is 30.0 Å². The Bertz CT molecular complexity index is 1040. The fourth-order valence-corrected chi connectivity index (χ4v) is 4.18. The summed E-state index contributed by atoms with van der Waals surface area (Å²) in [7, 11) is 0. The monoisotopic (exact) mass is 430 g/mol. The minimum atomic E-state index is -0.493. The number of hydrogen-bond acceptors (Lipinski definition) is 4. The Morgan fingerprint density at radius 3 is 2.41 bits per heavy atom. The van der Waals surface area contributed by atoms with E-state index in [4.69, 9.17) is 15.2 Å². The summed E-state index contributed by atoms with van der Waals surface area (Å²) in [5.74, 6) is 0.742. The van der Waals surface area contributed by atoms with Crippen LogP contribution in [-0.2, 0) is 19.6 Å². The highest BCUT2D eigenvalue weighted by Gasteiger charge is 2.27. The summed E-state index contributed by atoms with van der Waals surface area (Å²) in [4.78, 5) is 14.6. The largest absolute Gasteiger partial charge is 0.492 e. The molecule has 5 nitrogen and oxygen atoms in total. The van der Waals surface area contributed by atoms with Gasteiger partial charge in [-0.1, -0.05) is 67.6 Å². The van der Waals surface area contributed by atoms with Gasteiger partial charge < -0.3 is 15.2 Å². The maximum absolute atomic E-state index is 12.2. The molecule has 1 atom stereocenters. The zero-order chi connectivity index (χ0) is 22.3. The SMILES string of the molecule is CCCN(Cc1ccccc1)C1COc2cc(OCc3ccccc3)c(C(N)=O)cc2C1. The minimum absolute atomic E-state index is 0.236. The Kier molecular flexibility index (Phi) is 7.07. The zero-order valence-electron chi connectivity index (χ0n) is 18.5. The summed E-state index contributed by atoms with van der Waals surface area (Å²) in [6, 6.07) is 24.2. The second-order valence-electron chi connectivity index (χ2n) is 8.22. The predicted octanol–water partition coefficient (Wildman–Crippen LogP) is 4.58. The molecule has 4 rings (SSSR count). The van der Waals surface area contributed by atoms with Crippen molar-refractivity contribution in [3.05, 3.63) is 95.1 Å². The molecule has 0 aromatic heterocycles. The highest BCUT2D eigenvalue weighted by Crippen LogP contribution is 2.34. The number of benzene rings is 3. The molecular formula is C27H30N2O3. The van der Waals surface area contributed by atoms with Gasteiger partial charge in [-0.15, -0.1) is 0 Å². The van der Waals surface area contributed by atoms with Crippen molar-refractivity contribution in [2.24, 2.45) is 5.73 Å². The molecule has 32 heavy (non-hydrogen) atoms. The van der Waals surface area contributed by atoms with Crippen LogP contribution in [0.4, 0.5) is 0 Å². The summed E-state index contributed by atoms with van der Waals surface area (Å²) in [6.07, 6.45) is 1.87. The lowest BCUT2D eigenvalue weighted by molar-refractivity contribution is 0.0993. The van der Waals surface area contributed by atoms with Crippen LogP contribution in [0.3, 0.4) is 0 Å². The topological polar surface area (TPSA) is 64.8 Å². The Morgan fingerprint density at radius 2 is 1.75 bits per heavy atom. The Balaban J connectivity index is 1.53. The van der Waals surface area contributed by atoms with Gasteiger partial charge in [0, 0.05) is 18.7 Å². The second-order valence-corrected chi connectivity index (χ2v) is 8.22. The van der Waals surface area contributed by atoms with Crippen LogP contribution < -0.4 is 15.2 Å². The molecule has 0 spiro atoms. The molecule has 0 bridgehead atoms. The fourth-order valence-electron chi connectivity index (χ4n) is 4.18. The minimum Gasteiger partial charge on any atom is -0.492 e. The Morgan fingerprint density at radius 1 is 1.06 bits per heavy atom. The number of amides is 1. The molecule has 1 heterocycles. The summed E-state index contributed by atoms with van der Waals surface area (Å²) in [6.45, 7) is 5.02. The first-order valence-corrected chi connectivity index (χ1v) is 11.2. The highest BCUT2D eigenvalue weighted by atomic mass is 16.5. The molecule has 3 aromatic carbocycles. The van der Waals surface area contributed by atoms with Gasteiger partial charge in [-0.2, -0.15) is 0 Å². The van der Waals surface area contributed by atoms with E-state index in [-0.39, 0.29) is 6.04 Å². The summed E-state index contributed by atoms with van der Waals surface area (Å²) >= 11 is 0. The third-order valence-corrected chi connectivity index (χ3v) is 5.81.